The molecule has 1 N–H and O–H groups in total. The van der Waals surface area contributed by atoms with Crippen molar-refractivity contribution in [2.75, 3.05) is 27.4 Å². The molecule has 1 amide bonds. The second-order valence-corrected chi connectivity index (χ2v) is 6.16. The minimum Gasteiger partial charge on any atom is -0.469 e. The van der Waals surface area contributed by atoms with Crippen molar-refractivity contribution in [3.63, 3.8) is 0 Å². The first-order valence-corrected chi connectivity index (χ1v) is 8.15. The van der Waals surface area contributed by atoms with Crippen LogP contribution in [0.25, 0.3) is 0 Å². The fourth-order valence-electron chi connectivity index (χ4n) is 2.88. The van der Waals surface area contributed by atoms with Crippen LogP contribution >= 0.6 is 0 Å². The number of methoxy groups -OCH3 is 2. The Balaban J connectivity index is 2.34. The number of nitro groups is 1. The summed E-state index contributed by atoms with van der Waals surface area (Å²) in [5, 5.41) is 13.8. The highest BCUT2D eigenvalue weighted by Crippen LogP contribution is 2.25. The number of amides is 1. The Bertz CT molecular complexity index is 755. The third kappa shape index (κ3) is 5.00. The fourth-order valence-corrected chi connectivity index (χ4v) is 2.88. The first-order chi connectivity index (χ1) is 12.8. The number of carbonyl (C=O) groups is 3. The van der Waals surface area contributed by atoms with Crippen LogP contribution < -0.4 is 5.32 Å². The second-order valence-electron chi connectivity index (χ2n) is 6.16. The van der Waals surface area contributed by atoms with Crippen molar-refractivity contribution < 1.29 is 33.5 Å². The standard InChI is InChI=1S/C17H20N2O8/c1-25-14(20)9-17(4-3-5-27-10-17)18-15(21)11-6-12(16(22)26-2)8-13(7-11)19(23)24/h6-8H,3-5,9-10H2,1-2H3,(H,18,21)/t17-/m0/s1. The molecule has 1 saturated heterocycles. The van der Waals surface area contributed by atoms with E-state index < -0.39 is 34.0 Å². The Morgan fingerprint density at radius 2 is 1.93 bits per heavy atom. The van der Waals surface area contributed by atoms with Gasteiger partial charge in [0.1, 0.15) is 0 Å². The molecule has 2 rings (SSSR count). The third-order valence-electron chi connectivity index (χ3n) is 4.22. The number of nitrogens with one attached hydrogen (secondary N) is 1. The van der Waals surface area contributed by atoms with Crippen molar-refractivity contribution in [2.45, 2.75) is 24.8 Å². The molecule has 1 aliphatic rings. The van der Waals surface area contributed by atoms with Crippen molar-refractivity contribution in [3.8, 4) is 0 Å². The van der Waals surface area contributed by atoms with Crippen molar-refractivity contribution >= 4 is 23.5 Å². The van der Waals surface area contributed by atoms with Gasteiger partial charge in [-0.25, -0.2) is 4.79 Å². The number of hydrogen-bond acceptors (Lipinski definition) is 8. The Labute approximate surface area is 154 Å². The van der Waals surface area contributed by atoms with E-state index in [0.717, 1.165) is 19.2 Å². The number of non-ortho nitro benzene ring substituents is 1. The zero-order valence-electron chi connectivity index (χ0n) is 15.0. The lowest BCUT2D eigenvalue weighted by atomic mass is 9.88. The average molecular weight is 380 g/mol. The lowest BCUT2D eigenvalue weighted by molar-refractivity contribution is -0.384. The van der Waals surface area contributed by atoms with Gasteiger partial charge in [0.2, 0.25) is 0 Å². The van der Waals surface area contributed by atoms with E-state index in [2.05, 4.69) is 14.8 Å². The second kappa shape index (κ2) is 8.58. The van der Waals surface area contributed by atoms with Gasteiger partial charge in [0.25, 0.3) is 11.6 Å². The van der Waals surface area contributed by atoms with Crippen LogP contribution in [-0.2, 0) is 19.0 Å². The van der Waals surface area contributed by atoms with Gasteiger partial charge in [-0.1, -0.05) is 0 Å². The van der Waals surface area contributed by atoms with Crippen LogP contribution in [-0.4, -0.2) is 55.7 Å². The highest BCUT2D eigenvalue weighted by atomic mass is 16.6. The summed E-state index contributed by atoms with van der Waals surface area (Å²) in [4.78, 5) is 46.6. The molecule has 0 unspecified atom stereocenters. The monoisotopic (exact) mass is 380 g/mol. The van der Waals surface area contributed by atoms with E-state index in [1.165, 1.54) is 13.2 Å². The van der Waals surface area contributed by atoms with Crippen LogP contribution in [0, 0.1) is 10.1 Å². The lowest BCUT2D eigenvalue weighted by Crippen LogP contribution is -2.55. The number of rotatable bonds is 6. The molecule has 1 atom stereocenters. The average Bonchev–Trinajstić information content (AvgIpc) is 2.67. The number of benzene rings is 1. The lowest BCUT2D eigenvalue weighted by Gasteiger charge is -2.37. The summed E-state index contributed by atoms with van der Waals surface area (Å²) in [6, 6.07) is 3.28. The normalized spacial score (nSPS) is 19.0. The summed E-state index contributed by atoms with van der Waals surface area (Å²) >= 11 is 0. The number of hydrogen-bond donors (Lipinski definition) is 1. The Morgan fingerprint density at radius 1 is 1.22 bits per heavy atom. The Morgan fingerprint density at radius 3 is 2.48 bits per heavy atom. The summed E-state index contributed by atoms with van der Waals surface area (Å²) in [7, 11) is 2.37. The van der Waals surface area contributed by atoms with E-state index in [0.29, 0.717) is 19.4 Å². The van der Waals surface area contributed by atoms with Crippen molar-refractivity contribution in [1.82, 2.24) is 5.32 Å². The molecule has 1 aliphatic heterocycles. The molecule has 0 saturated carbocycles. The van der Waals surface area contributed by atoms with E-state index in [-0.39, 0.29) is 24.2 Å². The number of ether oxygens (including phenoxy) is 3. The minimum atomic E-state index is -0.988. The first kappa shape index (κ1) is 20.3. The summed E-state index contributed by atoms with van der Waals surface area (Å²) in [5.74, 6) is -1.99. The molecular weight excluding hydrogens is 360 g/mol. The van der Waals surface area contributed by atoms with Crippen LogP contribution in [0.2, 0.25) is 0 Å². The third-order valence-corrected chi connectivity index (χ3v) is 4.22. The summed E-state index contributed by atoms with van der Waals surface area (Å²) in [6.45, 7) is 0.606. The van der Waals surface area contributed by atoms with Gasteiger partial charge < -0.3 is 19.5 Å². The molecular formula is C17H20N2O8. The van der Waals surface area contributed by atoms with E-state index in [1.54, 1.807) is 0 Å². The largest absolute Gasteiger partial charge is 0.469 e. The van der Waals surface area contributed by atoms with Gasteiger partial charge in [-0.3, -0.25) is 19.7 Å². The molecule has 27 heavy (non-hydrogen) atoms. The highest BCUT2D eigenvalue weighted by Gasteiger charge is 2.37. The highest BCUT2D eigenvalue weighted by molar-refractivity contribution is 5.99. The van der Waals surface area contributed by atoms with Crippen molar-refractivity contribution in [1.29, 1.82) is 0 Å². The Kier molecular flexibility index (Phi) is 6.45. The fraction of sp³-hybridized carbons (Fsp3) is 0.471. The molecule has 1 fully saturated rings. The Hall–Kier alpha value is -3.01. The van der Waals surface area contributed by atoms with Crippen molar-refractivity contribution in [2.24, 2.45) is 0 Å². The van der Waals surface area contributed by atoms with Crippen molar-refractivity contribution in [3.05, 3.63) is 39.4 Å². The molecule has 0 aliphatic carbocycles. The number of esters is 2. The first-order valence-electron chi connectivity index (χ1n) is 8.15. The molecule has 0 bridgehead atoms. The molecule has 0 radical (unpaired) electrons. The summed E-state index contributed by atoms with van der Waals surface area (Å²) in [6.07, 6.45) is 1.00. The van der Waals surface area contributed by atoms with Crippen LogP contribution in [0.5, 0.6) is 0 Å². The van der Waals surface area contributed by atoms with Crippen LogP contribution in [0.1, 0.15) is 40.0 Å². The van der Waals surface area contributed by atoms with Gasteiger partial charge >= 0.3 is 11.9 Å². The molecule has 1 aromatic rings. The maximum atomic E-state index is 12.7. The molecule has 1 aromatic carbocycles. The molecule has 1 heterocycles. The van der Waals surface area contributed by atoms with E-state index in [1.807, 2.05) is 0 Å². The predicted molar refractivity (Wildman–Crippen MR) is 91.3 cm³/mol. The van der Waals surface area contributed by atoms with Gasteiger partial charge in [0.05, 0.1) is 43.3 Å². The van der Waals surface area contributed by atoms with Gasteiger partial charge in [-0.2, -0.15) is 0 Å². The zero-order valence-corrected chi connectivity index (χ0v) is 15.0. The molecule has 0 aromatic heterocycles. The smallest absolute Gasteiger partial charge is 0.338 e. The van der Waals surface area contributed by atoms with Gasteiger partial charge in [-0.15, -0.1) is 0 Å². The molecule has 10 nitrogen and oxygen atoms in total. The molecule has 146 valence electrons. The summed E-state index contributed by atoms with van der Waals surface area (Å²) in [5.41, 5.74) is -1.64. The van der Waals surface area contributed by atoms with Gasteiger partial charge in [0.15, 0.2) is 0 Å². The SMILES string of the molecule is COC(=O)C[C@@]1(NC(=O)c2cc(C(=O)OC)cc([N+](=O)[O-])c2)CCCOC1. The quantitative estimate of drug-likeness (QED) is 0.442. The maximum absolute atomic E-state index is 12.7. The van der Waals surface area contributed by atoms with Crippen LogP contribution in [0.4, 0.5) is 5.69 Å². The van der Waals surface area contributed by atoms with Gasteiger partial charge in [-0.05, 0) is 18.9 Å². The number of carbonyl (C=O) groups excluding carboxylic acids is 3. The van der Waals surface area contributed by atoms with Crippen LogP contribution in [0.3, 0.4) is 0 Å². The van der Waals surface area contributed by atoms with E-state index in [9.17, 15) is 24.5 Å². The molecule has 10 heteroatoms. The predicted octanol–water partition coefficient (Wildman–Crippen LogP) is 1.22. The van der Waals surface area contributed by atoms with Crippen LogP contribution in [0.15, 0.2) is 18.2 Å². The maximum Gasteiger partial charge on any atom is 0.338 e. The summed E-state index contributed by atoms with van der Waals surface area (Å²) < 4.78 is 14.7. The van der Waals surface area contributed by atoms with Gasteiger partial charge in [0, 0.05) is 24.3 Å². The molecule has 0 spiro atoms. The number of nitrogens with zero attached hydrogens (tertiary/aromatic N) is 1. The van der Waals surface area contributed by atoms with E-state index >= 15 is 0 Å². The zero-order chi connectivity index (χ0) is 20.0. The minimum absolute atomic E-state index is 0.0978. The topological polar surface area (TPSA) is 134 Å². The number of nitro benzene ring substituents is 1. The van der Waals surface area contributed by atoms with E-state index in [4.69, 9.17) is 4.74 Å².